The van der Waals surface area contributed by atoms with Crippen LogP contribution in [-0.2, 0) is 9.53 Å². The number of piperidine rings is 1. The van der Waals surface area contributed by atoms with Crippen molar-refractivity contribution in [2.24, 2.45) is 5.92 Å². The van der Waals surface area contributed by atoms with E-state index in [0.717, 1.165) is 0 Å². The van der Waals surface area contributed by atoms with E-state index in [9.17, 15) is 18.0 Å². The number of rotatable bonds is 5. The first kappa shape index (κ1) is 19.6. The Morgan fingerprint density at radius 2 is 2.15 bits per heavy atom. The number of alkyl halides is 3. The summed E-state index contributed by atoms with van der Waals surface area (Å²) in [6.07, 6.45) is -1.32. The largest absolute Gasteiger partial charge is 0.462 e. The Labute approximate surface area is 149 Å². The molecule has 0 aromatic carbocycles. The predicted octanol–water partition coefficient (Wildman–Crippen LogP) is 3.24. The number of anilines is 2. The minimum Gasteiger partial charge on any atom is -0.462 e. The smallest absolute Gasteiger partial charge is 0.391 e. The fourth-order valence-electron chi connectivity index (χ4n) is 2.60. The first-order chi connectivity index (χ1) is 12.3. The van der Waals surface area contributed by atoms with Gasteiger partial charge in [0.25, 0.3) is 0 Å². The van der Waals surface area contributed by atoms with E-state index < -0.39 is 18.1 Å². The van der Waals surface area contributed by atoms with Gasteiger partial charge in [0.15, 0.2) is 5.57 Å². The molecule has 1 saturated heterocycles. The van der Waals surface area contributed by atoms with Crippen LogP contribution in [0, 0.1) is 17.2 Å². The molecule has 2 heterocycles. The number of aromatic nitrogens is 1. The number of nitrogens with one attached hydrogen (secondary N) is 1. The standard InChI is InChI=1S/C17H19F3N4O2/c1-2-26-16(25)12(9-21)10-22-14-3-4-15(23-11-14)24-7-5-13(6-8-24)17(18,19)20/h3-4,10-11,13,22H,2,5-8H2,1H3/b12-10+. The third kappa shape index (κ3) is 5.12. The van der Waals surface area contributed by atoms with Crippen molar-refractivity contribution in [3.8, 4) is 6.07 Å². The fourth-order valence-corrected chi connectivity index (χ4v) is 2.60. The monoisotopic (exact) mass is 368 g/mol. The molecular weight excluding hydrogens is 349 g/mol. The number of hydrogen-bond acceptors (Lipinski definition) is 6. The number of nitriles is 1. The maximum absolute atomic E-state index is 12.7. The number of nitrogens with zero attached hydrogens (tertiary/aromatic N) is 3. The molecule has 1 aliphatic rings. The molecule has 0 aliphatic carbocycles. The average molecular weight is 368 g/mol. The van der Waals surface area contributed by atoms with E-state index >= 15 is 0 Å². The number of ether oxygens (including phenoxy) is 1. The number of pyridine rings is 1. The van der Waals surface area contributed by atoms with Gasteiger partial charge in [-0.3, -0.25) is 0 Å². The minimum atomic E-state index is -4.14. The maximum atomic E-state index is 12.7. The lowest BCUT2D eigenvalue weighted by Gasteiger charge is -2.33. The van der Waals surface area contributed by atoms with Gasteiger partial charge in [-0.1, -0.05) is 0 Å². The Hall–Kier alpha value is -2.76. The van der Waals surface area contributed by atoms with Gasteiger partial charge < -0.3 is 15.0 Å². The molecule has 9 heteroatoms. The van der Waals surface area contributed by atoms with Crippen LogP contribution < -0.4 is 10.2 Å². The molecule has 0 spiro atoms. The van der Waals surface area contributed by atoms with Crippen molar-refractivity contribution in [3.05, 3.63) is 30.1 Å². The summed E-state index contributed by atoms with van der Waals surface area (Å²) in [5.41, 5.74) is 0.362. The summed E-state index contributed by atoms with van der Waals surface area (Å²) in [6, 6.07) is 5.10. The third-order valence-corrected chi connectivity index (χ3v) is 4.03. The van der Waals surface area contributed by atoms with Crippen molar-refractivity contribution < 1.29 is 22.7 Å². The van der Waals surface area contributed by atoms with E-state index in [2.05, 4.69) is 10.3 Å². The number of halogens is 3. The molecule has 0 radical (unpaired) electrons. The summed E-state index contributed by atoms with van der Waals surface area (Å²) < 4.78 is 42.9. The first-order valence-electron chi connectivity index (χ1n) is 8.16. The second-order valence-electron chi connectivity index (χ2n) is 5.74. The van der Waals surface area contributed by atoms with E-state index in [4.69, 9.17) is 10.00 Å². The summed E-state index contributed by atoms with van der Waals surface area (Å²) in [7, 11) is 0. The van der Waals surface area contributed by atoms with Crippen molar-refractivity contribution >= 4 is 17.5 Å². The number of hydrogen-bond donors (Lipinski definition) is 1. The molecule has 1 fully saturated rings. The van der Waals surface area contributed by atoms with E-state index in [0.29, 0.717) is 24.6 Å². The molecule has 0 bridgehead atoms. The highest BCUT2D eigenvalue weighted by Crippen LogP contribution is 2.35. The van der Waals surface area contributed by atoms with Crippen molar-refractivity contribution in [1.29, 1.82) is 5.26 Å². The van der Waals surface area contributed by atoms with Crippen LogP contribution in [0.2, 0.25) is 0 Å². The van der Waals surface area contributed by atoms with Crippen LogP contribution >= 0.6 is 0 Å². The van der Waals surface area contributed by atoms with Gasteiger partial charge in [0, 0.05) is 19.3 Å². The summed E-state index contributed by atoms with van der Waals surface area (Å²) in [5.74, 6) is -1.39. The summed E-state index contributed by atoms with van der Waals surface area (Å²) in [4.78, 5) is 17.5. The van der Waals surface area contributed by atoms with Crippen LogP contribution in [0.1, 0.15) is 19.8 Å². The molecule has 140 valence electrons. The molecule has 1 aromatic rings. The summed E-state index contributed by atoms with van der Waals surface area (Å²) in [5, 5.41) is 11.7. The molecule has 0 unspecified atom stereocenters. The third-order valence-electron chi connectivity index (χ3n) is 4.03. The van der Waals surface area contributed by atoms with Gasteiger partial charge in [-0.15, -0.1) is 0 Å². The van der Waals surface area contributed by atoms with Crippen LogP contribution in [-0.4, -0.2) is 36.8 Å². The highest BCUT2D eigenvalue weighted by atomic mass is 19.4. The van der Waals surface area contributed by atoms with Gasteiger partial charge in [0.05, 0.1) is 24.4 Å². The molecule has 0 atom stereocenters. The lowest BCUT2D eigenvalue weighted by atomic mass is 9.96. The van der Waals surface area contributed by atoms with Crippen LogP contribution in [0.5, 0.6) is 0 Å². The van der Waals surface area contributed by atoms with Crippen LogP contribution in [0.3, 0.4) is 0 Å². The zero-order valence-corrected chi connectivity index (χ0v) is 14.2. The molecule has 26 heavy (non-hydrogen) atoms. The zero-order chi connectivity index (χ0) is 19.2. The highest BCUT2D eigenvalue weighted by Gasteiger charge is 2.41. The van der Waals surface area contributed by atoms with Crippen molar-refractivity contribution in [2.75, 3.05) is 29.9 Å². The molecular formula is C17H19F3N4O2. The molecule has 6 nitrogen and oxygen atoms in total. The van der Waals surface area contributed by atoms with E-state index in [1.165, 1.54) is 12.4 Å². The van der Waals surface area contributed by atoms with Gasteiger partial charge in [-0.2, -0.15) is 18.4 Å². The molecule has 1 aromatic heterocycles. The van der Waals surface area contributed by atoms with Crippen LogP contribution in [0.25, 0.3) is 0 Å². The number of carbonyl (C=O) groups is 1. The zero-order valence-electron chi connectivity index (χ0n) is 14.2. The fraction of sp³-hybridized carbons (Fsp3) is 0.471. The van der Waals surface area contributed by atoms with Crippen LogP contribution in [0.15, 0.2) is 30.1 Å². The van der Waals surface area contributed by atoms with Gasteiger partial charge in [-0.05, 0) is 31.9 Å². The Morgan fingerprint density at radius 3 is 2.65 bits per heavy atom. The van der Waals surface area contributed by atoms with Crippen molar-refractivity contribution in [3.63, 3.8) is 0 Å². The Kier molecular flexibility index (Phi) is 6.44. The highest BCUT2D eigenvalue weighted by molar-refractivity contribution is 5.93. The quantitative estimate of drug-likeness (QED) is 0.488. The van der Waals surface area contributed by atoms with E-state index in [1.807, 2.05) is 0 Å². The SMILES string of the molecule is CCOC(=O)/C(C#N)=C/Nc1ccc(N2CCC(C(F)(F)F)CC2)nc1. The minimum absolute atomic E-state index is 0.0546. The molecule has 0 saturated carbocycles. The molecule has 2 rings (SSSR count). The second kappa shape index (κ2) is 8.56. The van der Waals surface area contributed by atoms with Gasteiger partial charge >= 0.3 is 12.1 Å². The van der Waals surface area contributed by atoms with E-state index in [-0.39, 0.29) is 25.0 Å². The Morgan fingerprint density at radius 1 is 1.46 bits per heavy atom. The summed E-state index contributed by atoms with van der Waals surface area (Å²) >= 11 is 0. The maximum Gasteiger partial charge on any atom is 0.391 e. The van der Waals surface area contributed by atoms with Gasteiger partial charge in [0.1, 0.15) is 11.9 Å². The Balaban J connectivity index is 1.95. The molecule has 1 aliphatic heterocycles. The Bertz CT molecular complexity index is 687. The second-order valence-corrected chi connectivity index (χ2v) is 5.74. The van der Waals surface area contributed by atoms with Gasteiger partial charge in [-0.25, -0.2) is 9.78 Å². The first-order valence-corrected chi connectivity index (χ1v) is 8.16. The normalized spacial score (nSPS) is 16.1. The lowest BCUT2D eigenvalue weighted by molar-refractivity contribution is -0.179. The average Bonchev–Trinajstić information content (AvgIpc) is 2.62. The number of esters is 1. The number of carbonyl (C=O) groups excluding carboxylic acids is 1. The topological polar surface area (TPSA) is 78.2 Å². The van der Waals surface area contributed by atoms with Crippen molar-refractivity contribution in [2.45, 2.75) is 25.9 Å². The lowest BCUT2D eigenvalue weighted by Crippen LogP contribution is -2.39. The summed E-state index contributed by atoms with van der Waals surface area (Å²) in [6.45, 7) is 2.40. The van der Waals surface area contributed by atoms with E-state index in [1.54, 1.807) is 30.0 Å². The predicted molar refractivity (Wildman–Crippen MR) is 89.2 cm³/mol. The van der Waals surface area contributed by atoms with Crippen LogP contribution in [0.4, 0.5) is 24.7 Å². The molecule has 0 amide bonds. The molecule has 1 N–H and O–H groups in total. The van der Waals surface area contributed by atoms with Gasteiger partial charge in [0.2, 0.25) is 0 Å². The van der Waals surface area contributed by atoms with Crippen molar-refractivity contribution in [1.82, 2.24) is 4.98 Å².